The fraction of sp³-hybridized carbons (Fsp3) is 0.319. The number of aliphatic hydroxyl groups is 14. The van der Waals surface area contributed by atoms with Crippen molar-refractivity contribution in [3.05, 3.63) is 307 Å². The number of hydrogen-bond acceptors (Lipinski definition) is 28. The quantitative estimate of drug-likeness (QED) is 0.0336. The van der Waals surface area contributed by atoms with Crippen LogP contribution in [0.5, 0.6) is 0 Å². The van der Waals surface area contributed by atoms with Crippen LogP contribution in [-0.4, -0.2) is 226 Å². The van der Waals surface area contributed by atoms with Gasteiger partial charge in [-0.05, 0) is 181 Å². The molecule has 0 radical (unpaired) electrons. The molecule has 5 saturated heterocycles. The van der Waals surface area contributed by atoms with Gasteiger partial charge in [-0.15, -0.1) is 0 Å². The van der Waals surface area contributed by atoms with E-state index in [9.17, 15) is 115 Å². The van der Waals surface area contributed by atoms with Crippen molar-refractivity contribution in [1.29, 1.82) is 0 Å². The van der Waals surface area contributed by atoms with E-state index in [1.807, 2.05) is 32.0 Å². The topological polar surface area (TPSA) is 483 Å². The SMILES string of the molecule is Cc1nc(C)c2ccn(C3OC(C(O)c4ccc(Cl)c(F)c4)C(O)C3O)c2n1.Cc1ncc2c(F)cn(C3OC(C(O)c4ccc(F)c(F)c4)C(O)C3O)c2n1.Cc1ncnc2c1c(I)cn2C1OC(C(O)c2ccc(F)c(F)c2)C(O)C1O.NC(c1ccc(F)c(F)c1)C1OC(n2ccc3cccnc32)C(O)C1O.OC(c1ccc(F)c(F)c1)C1OC(n2ccc3cccnc32)C(O)C1O. The Labute approximate surface area is 780 Å². The lowest BCUT2D eigenvalue weighted by atomic mass is 9.97. The first kappa shape index (κ1) is 97.9. The number of aryl methyl sites for hydroxylation is 4. The highest BCUT2D eigenvalue weighted by Gasteiger charge is 2.53. The lowest BCUT2D eigenvalue weighted by molar-refractivity contribution is -0.0850. The predicted octanol–water partition coefficient (Wildman–Crippen LogP) is 8.98. The fourth-order valence-corrected chi connectivity index (χ4v) is 18.0. The van der Waals surface area contributed by atoms with E-state index in [-0.39, 0.29) is 43.9 Å². The van der Waals surface area contributed by atoms with Crippen LogP contribution in [0, 0.1) is 89.4 Å². The van der Waals surface area contributed by atoms with E-state index in [4.69, 9.17) is 41.0 Å². The summed E-state index contributed by atoms with van der Waals surface area (Å²) in [4.78, 5) is 33.6. The number of aromatic nitrogens is 13. The Bertz CT molecular complexity index is 6660. The summed E-state index contributed by atoms with van der Waals surface area (Å²) in [6, 6.07) is 27.3. The van der Waals surface area contributed by atoms with Gasteiger partial charge in [-0.1, -0.05) is 41.9 Å². The van der Waals surface area contributed by atoms with E-state index in [2.05, 4.69) is 62.5 Å². The van der Waals surface area contributed by atoms with Crippen molar-refractivity contribution < 1.29 is 139 Å². The summed E-state index contributed by atoms with van der Waals surface area (Å²) >= 11 is 7.79. The number of pyridine rings is 2. The summed E-state index contributed by atoms with van der Waals surface area (Å²) in [5.41, 5.74) is 10.4. The Kier molecular flexibility index (Phi) is 28.9. The van der Waals surface area contributed by atoms with Crippen LogP contribution < -0.4 is 5.73 Å². The van der Waals surface area contributed by atoms with Crippen LogP contribution in [0.1, 0.15) is 112 Å². The van der Waals surface area contributed by atoms with E-state index < -0.39 is 211 Å². The average molecular weight is 2030 g/mol. The van der Waals surface area contributed by atoms with Gasteiger partial charge in [0.15, 0.2) is 83.5 Å². The highest BCUT2D eigenvalue weighted by Crippen LogP contribution is 2.45. The molecule has 15 aromatic rings. The lowest BCUT2D eigenvalue weighted by Crippen LogP contribution is -2.38. The summed E-state index contributed by atoms with van der Waals surface area (Å²) in [6.45, 7) is 7.04. The number of ether oxygens (including phenoxy) is 5. The molecule has 33 nitrogen and oxygen atoms in total. The highest BCUT2D eigenvalue weighted by molar-refractivity contribution is 14.1. The second-order valence-corrected chi connectivity index (χ2v) is 34.3. The van der Waals surface area contributed by atoms with Crippen molar-refractivity contribution in [2.45, 2.75) is 181 Å². The molecule has 5 aliphatic rings. The normalized spacial score (nSPS) is 26.5. The van der Waals surface area contributed by atoms with Gasteiger partial charge >= 0.3 is 0 Å². The molecule has 10 aromatic heterocycles. The van der Waals surface area contributed by atoms with Crippen molar-refractivity contribution in [2.75, 3.05) is 0 Å². The molecule has 15 heterocycles. The molecule has 0 aliphatic carbocycles. The van der Waals surface area contributed by atoms with Crippen molar-refractivity contribution in [1.82, 2.24) is 62.7 Å². The molecule has 0 spiro atoms. The van der Waals surface area contributed by atoms with E-state index in [0.29, 0.717) is 34.2 Å². The molecule has 0 saturated carbocycles. The Morgan fingerprint density at radius 3 is 1.14 bits per heavy atom. The molecule has 5 aromatic carbocycles. The van der Waals surface area contributed by atoms with Crippen LogP contribution in [0.2, 0.25) is 5.02 Å². The fourth-order valence-electron chi connectivity index (χ4n) is 16.9. The number of benzene rings is 5. The van der Waals surface area contributed by atoms with Crippen molar-refractivity contribution in [3.8, 4) is 0 Å². The third-order valence-electron chi connectivity index (χ3n) is 24.0. The van der Waals surface area contributed by atoms with Crippen LogP contribution >= 0.6 is 34.2 Å². The zero-order valence-electron chi connectivity index (χ0n) is 71.1. The van der Waals surface area contributed by atoms with Gasteiger partial charge in [0.05, 0.1) is 33.2 Å². The molecule has 16 N–H and O–H groups in total. The maximum atomic E-state index is 14.2. The van der Waals surface area contributed by atoms with Gasteiger partial charge in [-0.3, -0.25) is 0 Å². The molecule has 0 bridgehead atoms. The number of aliphatic hydroxyl groups excluding tert-OH is 14. The molecule has 20 rings (SSSR count). The minimum atomic E-state index is -1.57. The van der Waals surface area contributed by atoms with E-state index in [0.717, 1.165) is 103 Å². The average Bonchev–Trinajstić information content (AvgIpc) is 1.61. The van der Waals surface area contributed by atoms with Crippen molar-refractivity contribution in [3.63, 3.8) is 0 Å². The molecule has 45 heteroatoms. The van der Waals surface area contributed by atoms with E-state index in [1.54, 1.807) is 93.6 Å². The summed E-state index contributed by atoms with van der Waals surface area (Å²) in [5, 5.41) is 150. The molecule has 5 aliphatic heterocycles. The Hall–Kier alpha value is -11.1. The maximum Gasteiger partial charge on any atom is 0.164 e. The molecular formula is C91H84ClF10IN14O19. The van der Waals surface area contributed by atoms with Crippen LogP contribution in [0.3, 0.4) is 0 Å². The molecule has 25 unspecified atom stereocenters. The number of nitrogens with zero attached hydrogens (tertiary/aromatic N) is 13. The summed E-state index contributed by atoms with van der Waals surface area (Å²) in [7, 11) is 0. The molecule has 5 fully saturated rings. The van der Waals surface area contributed by atoms with Crippen molar-refractivity contribution >= 4 is 89.4 Å². The smallest absolute Gasteiger partial charge is 0.164 e. The minimum Gasteiger partial charge on any atom is -0.387 e. The molecular weight excluding hydrogens is 1950 g/mol. The predicted molar refractivity (Wildman–Crippen MR) is 467 cm³/mol. The van der Waals surface area contributed by atoms with Gasteiger partial charge in [0.2, 0.25) is 0 Å². The summed E-state index contributed by atoms with van der Waals surface area (Å²) in [6.07, 6.45) is -17.3. The van der Waals surface area contributed by atoms with Gasteiger partial charge in [0, 0.05) is 69.3 Å². The first-order chi connectivity index (χ1) is 64.8. The minimum absolute atomic E-state index is 0.0286. The number of halogens is 12. The standard InChI is InChI=1S/C19H19ClFN3O4.C18H16F3N3O4.C18H16F2IN3O4.C18H17F2N3O3.C18H16F2N2O4/c1-8-11-5-6-24(18(11)23-9(2)22-8)19-16(27)15(26)17(28-19)14(25)10-3-4-12(20)13(21)7-10;1-7-22-5-9-12(21)6-24(17(9)23-7)18-15(27)14(26)16(28-18)13(25)8-2-3-10(19)11(20)4-8;1-7-12-11(21)5-24(17(12)23-6-22-7)18-15(27)14(26)16(28-18)13(25)8-2-3-9(19)10(20)4-8;19-11-4-3-10(8-12(11)20)13(21)16-14(24)15(25)18(26-16)23-7-5-9-2-1-6-22-17(9)23;19-11-4-3-10(8-12(11)20)13(23)16-14(24)15(25)18(26-16)22-7-5-9-2-1-6-21-17(9)22/h3-7,14-17,19,25-27H,1-2H3;2*2-6,13-16,18,25-27H,1H3;1-8,13-16,18,24-25H,21H2;1-8,13-16,18,23-25H. The molecule has 25 atom stereocenters. The Balaban J connectivity index is 0.000000123. The number of nitrogens with two attached hydrogens (primary N) is 1. The first-order valence-electron chi connectivity index (χ1n) is 41.7. The van der Waals surface area contributed by atoms with Crippen molar-refractivity contribution in [2.24, 2.45) is 5.73 Å². The number of hydrogen-bond donors (Lipinski definition) is 15. The van der Waals surface area contributed by atoms with Crippen LogP contribution in [0.4, 0.5) is 43.9 Å². The number of fused-ring (bicyclic) bond motifs is 5. The zero-order valence-corrected chi connectivity index (χ0v) is 74.0. The maximum absolute atomic E-state index is 14.2. The molecule has 136 heavy (non-hydrogen) atoms. The Morgan fingerprint density at radius 2 is 0.706 bits per heavy atom. The Morgan fingerprint density at radius 1 is 0.346 bits per heavy atom. The van der Waals surface area contributed by atoms with E-state index >= 15 is 0 Å². The summed E-state index contributed by atoms with van der Waals surface area (Å²) in [5.74, 6) is -9.05. The second kappa shape index (κ2) is 40.1. The van der Waals surface area contributed by atoms with Crippen LogP contribution in [-0.2, 0) is 23.7 Å². The van der Waals surface area contributed by atoms with Gasteiger partial charge in [-0.25, -0.2) is 83.8 Å². The third kappa shape index (κ3) is 19.0. The van der Waals surface area contributed by atoms with E-state index in [1.165, 1.54) is 47.4 Å². The number of rotatable bonds is 15. The zero-order chi connectivity index (χ0) is 97.3. The molecule has 716 valence electrons. The first-order valence-corrected chi connectivity index (χ1v) is 43.2. The van der Waals surface area contributed by atoms with Gasteiger partial charge in [-0.2, -0.15) is 0 Å². The van der Waals surface area contributed by atoms with Gasteiger partial charge in [0.1, 0.15) is 168 Å². The van der Waals surface area contributed by atoms with Crippen LogP contribution in [0.25, 0.3) is 55.2 Å². The van der Waals surface area contributed by atoms with Gasteiger partial charge in [0.25, 0.3) is 0 Å². The summed E-state index contributed by atoms with van der Waals surface area (Å²) < 4.78 is 171. The second-order valence-electron chi connectivity index (χ2n) is 32.7. The molecule has 0 amide bonds. The van der Waals surface area contributed by atoms with Gasteiger partial charge < -0.3 is 124 Å². The monoisotopic (exact) mass is 2030 g/mol. The third-order valence-corrected chi connectivity index (χ3v) is 25.2. The highest BCUT2D eigenvalue weighted by atomic mass is 127. The van der Waals surface area contributed by atoms with Crippen LogP contribution in [0.15, 0.2) is 189 Å². The largest absolute Gasteiger partial charge is 0.387 e. The lowest BCUT2D eigenvalue weighted by Gasteiger charge is -2.22.